The minimum atomic E-state index is -0.726. The molecular weight excluding hydrogens is 405 g/mol. The maximum Gasteiger partial charge on any atom is 0.349 e. The predicted octanol–water partition coefficient (Wildman–Crippen LogP) is 5.11. The molecule has 1 N–H and O–H groups in total. The Bertz CT molecular complexity index is 985. The van der Waals surface area contributed by atoms with Crippen molar-refractivity contribution in [2.75, 3.05) is 5.32 Å². The summed E-state index contributed by atoms with van der Waals surface area (Å²) in [4.78, 5) is 24.3. The summed E-state index contributed by atoms with van der Waals surface area (Å²) in [5, 5.41) is 3.70. The first-order valence-electron chi connectivity index (χ1n) is 6.44. The van der Waals surface area contributed by atoms with Gasteiger partial charge < -0.3 is 9.73 Å². The molecule has 0 fully saturated rings. The molecule has 1 aromatic heterocycles. The van der Waals surface area contributed by atoms with E-state index in [2.05, 4.69) is 21.2 Å². The van der Waals surface area contributed by atoms with Crippen molar-refractivity contribution in [2.45, 2.75) is 0 Å². The highest BCUT2D eigenvalue weighted by atomic mass is 79.9. The summed E-state index contributed by atoms with van der Waals surface area (Å²) in [5.74, 6) is -0.621. The molecule has 0 aliphatic carbocycles. The fourth-order valence-corrected chi connectivity index (χ4v) is 2.77. The lowest BCUT2D eigenvalue weighted by Gasteiger charge is -2.08. The highest BCUT2D eigenvalue weighted by Gasteiger charge is 2.16. The number of hydrogen-bond acceptors (Lipinski definition) is 3. The Morgan fingerprint density at radius 3 is 2.70 bits per heavy atom. The molecule has 0 radical (unpaired) electrons. The van der Waals surface area contributed by atoms with Gasteiger partial charge in [-0.15, -0.1) is 0 Å². The normalized spacial score (nSPS) is 10.7. The third-order valence-electron chi connectivity index (χ3n) is 3.14. The number of fused-ring (bicyclic) bond motifs is 1. The number of anilines is 1. The highest BCUT2D eigenvalue weighted by Crippen LogP contribution is 2.29. The Balaban J connectivity index is 2.02. The summed E-state index contributed by atoms with van der Waals surface area (Å²) in [6.45, 7) is 0. The van der Waals surface area contributed by atoms with E-state index in [9.17, 15) is 9.59 Å². The summed E-state index contributed by atoms with van der Waals surface area (Å²) in [5.41, 5.74) is -0.129. The molecule has 7 heteroatoms. The van der Waals surface area contributed by atoms with E-state index in [0.717, 1.165) is 4.47 Å². The number of carbonyl (C=O) groups excluding carboxylic acids is 1. The number of benzene rings is 2. The molecule has 23 heavy (non-hydrogen) atoms. The van der Waals surface area contributed by atoms with Crippen LogP contribution in [-0.4, -0.2) is 5.91 Å². The Kier molecular flexibility index (Phi) is 4.43. The summed E-state index contributed by atoms with van der Waals surface area (Å²) in [7, 11) is 0. The standard InChI is InChI=1S/C16H8BrCl2NO3/c17-9-4-5-13-8(6-9)7-10(16(22)23-13)15(21)20-12-3-1-2-11(18)14(12)19/h1-7H,(H,20,21). The van der Waals surface area contributed by atoms with Gasteiger partial charge >= 0.3 is 5.63 Å². The van der Waals surface area contributed by atoms with Crippen LogP contribution in [0.2, 0.25) is 10.0 Å². The predicted molar refractivity (Wildman–Crippen MR) is 94.6 cm³/mol. The third kappa shape index (κ3) is 3.27. The van der Waals surface area contributed by atoms with Gasteiger partial charge in [0.15, 0.2) is 0 Å². The van der Waals surface area contributed by atoms with Crippen LogP contribution in [0, 0.1) is 0 Å². The second-order valence-electron chi connectivity index (χ2n) is 4.69. The molecule has 1 amide bonds. The van der Waals surface area contributed by atoms with E-state index in [1.54, 1.807) is 36.4 Å². The van der Waals surface area contributed by atoms with Gasteiger partial charge in [-0.05, 0) is 36.4 Å². The molecule has 3 rings (SSSR count). The van der Waals surface area contributed by atoms with E-state index in [0.29, 0.717) is 21.7 Å². The Labute approximate surface area is 149 Å². The zero-order valence-corrected chi connectivity index (χ0v) is 14.5. The van der Waals surface area contributed by atoms with Crippen molar-refractivity contribution < 1.29 is 9.21 Å². The van der Waals surface area contributed by atoms with Gasteiger partial charge in [0.2, 0.25) is 0 Å². The van der Waals surface area contributed by atoms with Gasteiger partial charge in [0, 0.05) is 9.86 Å². The van der Waals surface area contributed by atoms with Crippen LogP contribution in [-0.2, 0) is 0 Å². The van der Waals surface area contributed by atoms with Gasteiger partial charge in [-0.25, -0.2) is 4.79 Å². The fraction of sp³-hybridized carbons (Fsp3) is 0. The van der Waals surface area contributed by atoms with Crippen LogP contribution >= 0.6 is 39.1 Å². The zero-order valence-electron chi connectivity index (χ0n) is 11.4. The van der Waals surface area contributed by atoms with Crippen molar-refractivity contribution in [1.82, 2.24) is 0 Å². The first-order valence-corrected chi connectivity index (χ1v) is 7.99. The number of halogens is 3. The summed E-state index contributed by atoms with van der Waals surface area (Å²) in [6.07, 6.45) is 0. The Morgan fingerprint density at radius 1 is 1.13 bits per heavy atom. The fourth-order valence-electron chi connectivity index (χ4n) is 2.04. The quantitative estimate of drug-likeness (QED) is 0.594. The van der Waals surface area contributed by atoms with E-state index in [1.165, 1.54) is 6.07 Å². The molecule has 3 aromatic rings. The van der Waals surface area contributed by atoms with Crippen LogP contribution in [0.4, 0.5) is 5.69 Å². The third-order valence-corrected chi connectivity index (χ3v) is 4.45. The van der Waals surface area contributed by atoms with Gasteiger partial charge in [-0.1, -0.05) is 45.2 Å². The SMILES string of the molecule is O=C(Nc1cccc(Cl)c1Cl)c1cc2cc(Br)ccc2oc1=O. The number of hydrogen-bond donors (Lipinski definition) is 1. The van der Waals surface area contributed by atoms with Crippen molar-refractivity contribution in [1.29, 1.82) is 0 Å². The van der Waals surface area contributed by atoms with Gasteiger partial charge in [-0.3, -0.25) is 4.79 Å². The lowest BCUT2D eigenvalue weighted by molar-refractivity contribution is 0.102. The van der Waals surface area contributed by atoms with Crippen molar-refractivity contribution in [2.24, 2.45) is 0 Å². The molecule has 116 valence electrons. The molecule has 0 aliphatic heterocycles. The number of rotatable bonds is 2. The molecule has 0 aliphatic rings. The van der Waals surface area contributed by atoms with Crippen LogP contribution in [0.1, 0.15) is 10.4 Å². The average Bonchev–Trinajstić information content (AvgIpc) is 2.51. The molecule has 0 bridgehead atoms. The van der Waals surface area contributed by atoms with Crippen LogP contribution in [0.3, 0.4) is 0 Å². The first-order chi connectivity index (χ1) is 11.0. The second kappa shape index (κ2) is 6.35. The van der Waals surface area contributed by atoms with Gasteiger partial charge in [0.1, 0.15) is 11.1 Å². The molecule has 0 atom stereocenters. The molecule has 4 nitrogen and oxygen atoms in total. The van der Waals surface area contributed by atoms with Crippen molar-refractivity contribution in [3.63, 3.8) is 0 Å². The Hall–Kier alpha value is -1.82. The van der Waals surface area contributed by atoms with E-state index < -0.39 is 11.5 Å². The summed E-state index contributed by atoms with van der Waals surface area (Å²) in [6, 6.07) is 11.4. The second-order valence-corrected chi connectivity index (χ2v) is 6.39. The molecule has 0 saturated carbocycles. The zero-order chi connectivity index (χ0) is 16.6. The molecule has 1 heterocycles. The topological polar surface area (TPSA) is 59.3 Å². The van der Waals surface area contributed by atoms with Gasteiger partial charge in [0.05, 0.1) is 15.7 Å². The first kappa shape index (κ1) is 16.1. The molecule has 0 saturated heterocycles. The van der Waals surface area contributed by atoms with E-state index in [1.807, 2.05) is 0 Å². The lowest BCUT2D eigenvalue weighted by Crippen LogP contribution is -2.20. The lowest BCUT2D eigenvalue weighted by atomic mass is 10.1. The number of amides is 1. The van der Waals surface area contributed by atoms with Crippen LogP contribution in [0.15, 0.2) is 56.1 Å². The maximum absolute atomic E-state index is 12.3. The molecule has 0 unspecified atom stereocenters. The van der Waals surface area contributed by atoms with Gasteiger partial charge in [0.25, 0.3) is 5.91 Å². The average molecular weight is 413 g/mol. The maximum atomic E-state index is 12.3. The van der Waals surface area contributed by atoms with Crippen molar-refractivity contribution in [3.8, 4) is 0 Å². The minimum Gasteiger partial charge on any atom is -0.422 e. The van der Waals surface area contributed by atoms with E-state index in [4.69, 9.17) is 27.6 Å². The minimum absolute atomic E-state index is 0.119. The highest BCUT2D eigenvalue weighted by molar-refractivity contribution is 9.10. The van der Waals surface area contributed by atoms with E-state index in [-0.39, 0.29) is 10.6 Å². The molecule has 0 spiro atoms. The monoisotopic (exact) mass is 411 g/mol. The summed E-state index contributed by atoms with van der Waals surface area (Å²) < 4.78 is 5.97. The smallest absolute Gasteiger partial charge is 0.349 e. The molecule has 2 aromatic carbocycles. The van der Waals surface area contributed by atoms with Crippen molar-refractivity contribution in [3.05, 3.63) is 73.0 Å². The van der Waals surface area contributed by atoms with Crippen LogP contribution in [0.25, 0.3) is 11.0 Å². The molecular formula is C16H8BrCl2NO3. The largest absolute Gasteiger partial charge is 0.422 e. The summed E-state index contributed by atoms with van der Waals surface area (Å²) >= 11 is 15.3. The van der Waals surface area contributed by atoms with Crippen LogP contribution < -0.4 is 10.9 Å². The van der Waals surface area contributed by atoms with Gasteiger partial charge in [-0.2, -0.15) is 0 Å². The van der Waals surface area contributed by atoms with Crippen LogP contribution in [0.5, 0.6) is 0 Å². The van der Waals surface area contributed by atoms with E-state index >= 15 is 0 Å². The number of carbonyl (C=O) groups is 1. The number of nitrogens with one attached hydrogen (secondary N) is 1. The Morgan fingerprint density at radius 2 is 1.91 bits per heavy atom. The van der Waals surface area contributed by atoms with Crippen molar-refractivity contribution >= 4 is 61.7 Å².